The first-order valence-electron chi connectivity index (χ1n) is 11.2. The van der Waals surface area contributed by atoms with E-state index in [0.717, 1.165) is 11.6 Å². The highest BCUT2D eigenvalue weighted by molar-refractivity contribution is 5.98. The van der Waals surface area contributed by atoms with Gasteiger partial charge in [0.05, 0.1) is 16.8 Å². The fourth-order valence-electron chi connectivity index (χ4n) is 4.01. The van der Waals surface area contributed by atoms with E-state index < -0.39 is 23.9 Å². The smallest absolute Gasteiger partial charge is 0.319 e. The molecule has 1 amide bonds. The van der Waals surface area contributed by atoms with Crippen molar-refractivity contribution in [3.63, 3.8) is 0 Å². The Labute approximate surface area is 207 Å². The quantitative estimate of drug-likeness (QED) is 0.227. The van der Waals surface area contributed by atoms with Crippen molar-refractivity contribution in [2.24, 2.45) is 0 Å². The topological polar surface area (TPSA) is 147 Å². The van der Waals surface area contributed by atoms with Crippen LogP contribution in [0.25, 0.3) is 17.1 Å². The molecule has 0 aliphatic rings. The van der Waals surface area contributed by atoms with Crippen molar-refractivity contribution in [2.45, 2.75) is 20.1 Å². The van der Waals surface area contributed by atoms with E-state index in [0.29, 0.717) is 23.5 Å². The van der Waals surface area contributed by atoms with Gasteiger partial charge in [0.1, 0.15) is 11.5 Å². The molecule has 5 N–H and O–H groups in total. The summed E-state index contributed by atoms with van der Waals surface area (Å²) >= 11 is 0. The van der Waals surface area contributed by atoms with E-state index in [9.17, 15) is 20.1 Å². The van der Waals surface area contributed by atoms with E-state index in [2.05, 4.69) is 10.2 Å². The van der Waals surface area contributed by atoms with E-state index in [-0.39, 0.29) is 22.7 Å². The predicted molar refractivity (Wildman–Crippen MR) is 134 cm³/mol. The first-order valence-corrected chi connectivity index (χ1v) is 11.2. The van der Waals surface area contributed by atoms with Crippen molar-refractivity contribution in [1.82, 2.24) is 19.7 Å². The Hall–Kier alpha value is -4.57. The fraction of sp³-hybridized carbons (Fsp3) is 0.192. The van der Waals surface area contributed by atoms with E-state index in [1.807, 2.05) is 19.1 Å². The Bertz CT molecular complexity index is 1420. The van der Waals surface area contributed by atoms with Crippen LogP contribution in [0.4, 0.5) is 5.69 Å². The second-order valence-electron chi connectivity index (χ2n) is 8.18. The maximum absolute atomic E-state index is 13.5. The van der Waals surface area contributed by atoms with Crippen molar-refractivity contribution in [3.8, 4) is 34.6 Å². The molecule has 0 fully saturated rings. The van der Waals surface area contributed by atoms with Gasteiger partial charge in [0.25, 0.3) is 5.91 Å². The minimum atomic E-state index is -0.819. The van der Waals surface area contributed by atoms with Crippen molar-refractivity contribution < 1.29 is 24.9 Å². The monoisotopic (exact) mass is 489 g/mol. The lowest BCUT2D eigenvalue weighted by atomic mass is 10.0. The summed E-state index contributed by atoms with van der Waals surface area (Å²) in [5, 5.41) is 39.4. The summed E-state index contributed by atoms with van der Waals surface area (Å²) < 4.78 is 7.17. The molecule has 4 aromatic rings. The summed E-state index contributed by atoms with van der Waals surface area (Å²) in [5.41, 5.74) is 8.56. The van der Waals surface area contributed by atoms with Crippen LogP contribution in [0.1, 0.15) is 34.6 Å². The van der Waals surface area contributed by atoms with Gasteiger partial charge in [-0.15, -0.1) is 5.10 Å². The van der Waals surface area contributed by atoms with Crippen molar-refractivity contribution >= 4 is 11.6 Å². The summed E-state index contributed by atoms with van der Waals surface area (Å²) in [6.45, 7) is 3.95. The van der Waals surface area contributed by atoms with Gasteiger partial charge in [0.2, 0.25) is 0 Å². The van der Waals surface area contributed by atoms with Crippen LogP contribution in [0.2, 0.25) is 0 Å². The minimum Gasteiger partial charge on any atom is -0.507 e. The third-order valence-electron chi connectivity index (χ3n) is 5.85. The number of amides is 1. The Kier molecular flexibility index (Phi) is 6.80. The highest BCUT2D eigenvalue weighted by Gasteiger charge is 2.29. The Morgan fingerprint density at radius 1 is 1.06 bits per heavy atom. The lowest BCUT2D eigenvalue weighted by Gasteiger charge is -2.29. The molecule has 4 rings (SSSR count). The van der Waals surface area contributed by atoms with Gasteiger partial charge in [-0.1, -0.05) is 41.5 Å². The number of anilines is 1. The van der Waals surface area contributed by atoms with Gasteiger partial charge in [-0.25, -0.2) is 4.57 Å². The maximum atomic E-state index is 13.5. The van der Waals surface area contributed by atoms with E-state index in [4.69, 9.17) is 10.5 Å². The van der Waals surface area contributed by atoms with Gasteiger partial charge in [-0.2, -0.15) is 0 Å². The number of ether oxygens (including phenoxy) is 1. The zero-order chi connectivity index (χ0) is 26.0. The lowest BCUT2D eigenvalue weighted by molar-refractivity contribution is -0.0323. The molecular formula is C26H27N5O5. The Morgan fingerprint density at radius 2 is 1.75 bits per heavy atom. The molecule has 0 aliphatic carbocycles. The van der Waals surface area contributed by atoms with Crippen LogP contribution in [-0.2, 0) is 4.74 Å². The van der Waals surface area contributed by atoms with Crippen molar-refractivity contribution in [1.29, 1.82) is 0 Å². The number of benzene rings is 3. The molecule has 0 saturated heterocycles. The molecule has 0 aliphatic heterocycles. The largest absolute Gasteiger partial charge is 0.507 e. The number of nitrogens with zero attached hydrogens (tertiary/aromatic N) is 4. The number of phenolic OH excluding ortho intramolecular Hbond substituents is 2. The number of aromatic hydroxyl groups is 3. The predicted octanol–water partition coefficient (Wildman–Crippen LogP) is 3.75. The SMILES string of the molecule is CCOC(c1ccccc1N)N(C)C(=O)c1cc(-c2nnc(O)n2-c2ccccc2C)c(O)cc1O. The molecule has 1 atom stereocenters. The van der Waals surface area contributed by atoms with Crippen LogP contribution in [0.3, 0.4) is 0 Å². The molecule has 36 heavy (non-hydrogen) atoms. The average molecular weight is 490 g/mol. The molecule has 0 bridgehead atoms. The van der Waals surface area contributed by atoms with E-state index >= 15 is 0 Å². The second kappa shape index (κ2) is 9.96. The molecule has 0 radical (unpaired) electrons. The normalized spacial score (nSPS) is 11.9. The van der Waals surface area contributed by atoms with Crippen molar-refractivity contribution in [2.75, 3.05) is 19.4 Å². The lowest BCUT2D eigenvalue weighted by Crippen LogP contribution is -2.33. The molecule has 1 heterocycles. The summed E-state index contributed by atoms with van der Waals surface area (Å²) in [5.74, 6) is -1.27. The van der Waals surface area contributed by atoms with Gasteiger partial charge in [-0.3, -0.25) is 4.79 Å². The first kappa shape index (κ1) is 24.6. The molecule has 1 unspecified atom stereocenters. The average Bonchev–Trinajstić information content (AvgIpc) is 3.23. The minimum absolute atomic E-state index is 0.0877. The fourth-order valence-corrected chi connectivity index (χ4v) is 4.01. The molecule has 3 aromatic carbocycles. The third-order valence-corrected chi connectivity index (χ3v) is 5.85. The number of hydrogen-bond acceptors (Lipinski definition) is 8. The number of para-hydroxylation sites is 2. The Balaban J connectivity index is 1.80. The molecule has 1 aromatic heterocycles. The first-order chi connectivity index (χ1) is 17.2. The summed E-state index contributed by atoms with van der Waals surface area (Å²) in [4.78, 5) is 14.9. The molecule has 0 spiro atoms. The van der Waals surface area contributed by atoms with Crippen LogP contribution in [0.15, 0.2) is 60.7 Å². The number of carbonyl (C=O) groups is 1. The van der Waals surface area contributed by atoms with E-state index in [1.165, 1.54) is 22.6 Å². The number of hydrogen-bond donors (Lipinski definition) is 4. The number of aryl methyl sites for hydroxylation is 1. The molecule has 186 valence electrons. The molecule has 10 heteroatoms. The van der Waals surface area contributed by atoms with Crippen LogP contribution in [0, 0.1) is 6.92 Å². The maximum Gasteiger partial charge on any atom is 0.319 e. The molecular weight excluding hydrogens is 462 g/mol. The van der Waals surface area contributed by atoms with Crippen LogP contribution in [-0.4, -0.2) is 54.5 Å². The number of carbonyl (C=O) groups excluding carboxylic acids is 1. The van der Waals surface area contributed by atoms with Gasteiger partial charge in [-0.05, 0) is 37.6 Å². The van der Waals surface area contributed by atoms with Gasteiger partial charge in [0, 0.05) is 31.0 Å². The summed E-state index contributed by atoms with van der Waals surface area (Å²) in [6, 6.07) is 16.2. The van der Waals surface area contributed by atoms with E-state index in [1.54, 1.807) is 43.3 Å². The highest BCUT2D eigenvalue weighted by atomic mass is 16.5. The van der Waals surface area contributed by atoms with Crippen LogP contribution >= 0.6 is 0 Å². The zero-order valence-electron chi connectivity index (χ0n) is 20.1. The zero-order valence-corrected chi connectivity index (χ0v) is 20.1. The number of nitrogen functional groups attached to an aromatic ring is 1. The van der Waals surface area contributed by atoms with Gasteiger partial charge < -0.3 is 30.7 Å². The Morgan fingerprint density at radius 3 is 2.44 bits per heavy atom. The third kappa shape index (κ3) is 4.41. The van der Waals surface area contributed by atoms with Crippen molar-refractivity contribution in [3.05, 3.63) is 77.4 Å². The number of rotatable bonds is 7. The van der Waals surface area contributed by atoms with Crippen LogP contribution < -0.4 is 5.73 Å². The number of phenols is 2. The second-order valence-corrected chi connectivity index (χ2v) is 8.18. The molecule has 0 saturated carbocycles. The summed E-state index contributed by atoms with van der Waals surface area (Å²) in [6.07, 6.45) is -0.819. The standard InChI is InChI=1S/C26H27N5O5/c1-4-36-25(16-10-6-7-11-19(16)27)30(3)24(34)18-13-17(21(32)14-22(18)33)23-28-29-26(35)31(23)20-12-8-5-9-15(20)2/h5-14,25,32-33H,4,27H2,1-3H3,(H,29,35). The van der Waals surface area contributed by atoms with Gasteiger partial charge >= 0.3 is 6.01 Å². The highest BCUT2D eigenvalue weighted by Crippen LogP contribution is 2.38. The van der Waals surface area contributed by atoms with Gasteiger partial charge in [0.15, 0.2) is 12.1 Å². The summed E-state index contributed by atoms with van der Waals surface area (Å²) in [7, 11) is 1.53. The molecule has 10 nitrogen and oxygen atoms in total. The van der Waals surface area contributed by atoms with Crippen LogP contribution in [0.5, 0.6) is 17.5 Å². The number of aromatic nitrogens is 3. The number of nitrogens with two attached hydrogens (primary N) is 1.